The molecule has 0 atom stereocenters. The molecule has 0 bridgehead atoms. The van der Waals surface area contributed by atoms with E-state index < -0.39 is 0 Å². The Morgan fingerprint density at radius 3 is 2.53 bits per heavy atom. The largest absolute Gasteiger partial charge is 0.491 e. The molecular weight excluding hydrogens is 258 g/mol. The normalized spacial score (nSPS) is 16.1. The van der Waals surface area contributed by atoms with Crippen molar-refractivity contribution >= 4 is 15.9 Å². The number of halogens is 1. The quantitative estimate of drug-likeness (QED) is 0.829. The van der Waals surface area contributed by atoms with Gasteiger partial charge in [0.1, 0.15) is 12.4 Å². The van der Waals surface area contributed by atoms with E-state index in [9.17, 15) is 0 Å². The minimum atomic E-state index is 0.388. The van der Waals surface area contributed by atoms with Crippen molar-refractivity contribution in [1.29, 1.82) is 0 Å². The zero-order valence-corrected chi connectivity index (χ0v) is 10.00. The number of hydrogen-bond acceptors (Lipinski definition) is 3. The summed E-state index contributed by atoms with van der Waals surface area (Å²) in [5.41, 5.74) is 0. The number of benzene rings is 1. The molecule has 1 aromatic carbocycles. The van der Waals surface area contributed by atoms with Crippen molar-refractivity contribution < 1.29 is 9.47 Å². The topological polar surface area (TPSA) is 30.5 Å². The molecule has 1 aliphatic rings. The van der Waals surface area contributed by atoms with Crippen molar-refractivity contribution in [3.05, 3.63) is 28.7 Å². The van der Waals surface area contributed by atoms with Crippen LogP contribution in [0.5, 0.6) is 5.75 Å². The average molecular weight is 272 g/mol. The van der Waals surface area contributed by atoms with E-state index in [1.807, 2.05) is 24.3 Å². The molecule has 0 unspecified atom stereocenters. The molecule has 1 saturated heterocycles. The van der Waals surface area contributed by atoms with E-state index in [0.717, 1.165) is 23.3 Å². The van der Waals surface area contributed by atoms with E-state index in [0.29, 0.717) is 19.3 Å². The Balaban J connectivity index is 1.62. The van der Waals surface area contributed by atoms with Gasteiger partial charge in [0.2, 0.25) is 0 Å². The summed E-state index contributed by atoms with van der Waals surface area (Å²) in [6.45, 7) is 3.21. The third kappa shape index (κ3) is 3.48. The van der Waals surface area contributed by atoms with Crippen molar-refractivity contribution in [3.8, 4) is 5.75 Å². The maximum absolute atomic E-state index is 5.53. The lowest BCUT2D eigenvalue weighted by Crippen LogP contribution is -2.48. The number of rotatable bonds is 5. The lowest BCUT2D eigenvalue weighted by molar-refractivity contribution is 0.00454. The molecule has 1 aliphatic heterocycles. The van der Waals surface area contributed by atoms with Crippen LogP contribution in [-0.4, -0.2) is 32.4 Å². The Labute approximate surface area is 97.9 Å². The maximum atomic E-state index is 5.53. The van der Waals surface area contributed by atoms with Gasteiger partial charge in [-0.1, -0.05) is 15.9 Å². The molecule has 1 N–H and O–H groups in total. The molecule has 1 fully saturated rings. The molecular formula is C11H14BrNO2. The average Bonchev–Trinajstić information content (AvgIpc) is 2.18. The summed E-state index contributed by atoms with van der Waals surface area (Å²) in [5.74, 6) is 0.883. The summed E-state index contributed by atoms with van der Waals surface area (Å²) < 4.78 is 12.1. The second-order valence-corrected chi connectivity index (χ2v) is 4.37. The molecule has 0 saturated carbocycles. The third-order valence-electron chi connectivity index (χ3n) is 2.26. The Kier molecular flexibility index (Phi) is 4.00. The van der Waals surface area contributed by atoms with Gasteiger partial charge in [0.25, 0.3) is 0 Å². The second kappa shape index (κ2) is 5.49. The monoisotopic (exact) mass is 271 g/mol. The van der Waals surface area contributed by atoms with Crippen molar-refractivity contribution in [2.75, 3.05) is 26.3 Å². The van der Waals surface area contributed by atoms with E-state index in [1.54, 1.807) is 0 Å². The van der Waals surface area contributed by atoms with E-state index >= 15 is 0 Å². The van der Waals surface area contributed by atoms with Gasteiger partial charge in [0.05, 0.1) is 12.7 Å². The maximum Gasteiger partial charge on any atom is 0.119 e. The molecule has 1 heterocycles. The highest BCUT2D eigenvalue weighted by Gasteiger charge is 2.16. The Hall–Kier alpha value is -0.580. The van der Waals surface area contributed by atoms with Gasteiger partial charge in [-0.2, -0.15) is 0 Å². The number of hydrogen-bond donors (Lipinski definition) is 1. The van der Waals surface area contributed by atoms with Gasteiger partial charge in [-0.05, 0) is 24.3 Å². The van der Waals surface area contributed by atoms with Gasteiger partial charge in [-0.25, -0.2) is 0 Å². The first-order chi connectivity index (χ1) is 7.34. The smallest absolute Gasteiger partial charge is 0.119 e. The van der Waals surface area contributed by atoms with Crippen LogP contribution < -0.4 is 10.1 Å². The molecule has 0 amide bonds. The summed E-state index contributed by atoms with van der Waals surface area (Å²) in [6.07, 6.45) is 0.388. The van der Waals surface area contributed by atoms with Gasteiger partial charge in [-0.3, -0.25) is 0 Å². The fraction of sp³-hybridized carbons (Fsp3) is 0.455. The first kappa shape index (κ1) is 10.9. The van der Waals surface area contributed by atoms with Crippen LogP contribution >= 0.6 is 15.9 Å². The Bertz CT molecular complexity index is 298. The molecule has 82 valence electrons. The molecule has 0 spiro atoms. The summed E-state index contributed by atoms with van der Waals surface area (Å²) in [4.78, 5) is 0. The van der Waals surface area contributed by atoms with Crippen LogP contribution in [0.4, 0.5) is 0 Å². The van der Waals surface area contributed by atoms with Crippen LogP contribution in [0.1, 0.15) is 0 Å². The number of ether oxygens (including phenoxy) is 2. The molecule has 0 aliphatic carbocycles. The van der Waals surface area contributed by atoms with Crippen LogP contribution in [0.2, 0.25) is 0 Å². The highest BCUT2D eigenvalue weighted by Crippen LogP contribution is 2.15. The van der Waals surface area contributed by atoms with Crippen LogP contribution in [0, 0.1) is 0 Å². The predicted molar refractivity (Wildman–Crippen MR) is 62.2 cm³/mol. The second-order valence-electron chi connectivity index (χ2n) is 3.45. The highest BCUT2D eigenvalue weighted by molar-refractivity contribution is 9.10. The first-order valence-electron chi connectivity index (χ1n) is 5.05. The van der Waals surface area contributed by atoms with Crippen LogP contribution in [0.15, 0.2) is 28.7 Å². The zero-order chi connectivity index (χ0) is 10.5. The summed E-state index contributed by atoms with van der Waals surface area (Å²) >= 11 is 3.38. The standard InChI is InChI=1S/C11H14BrNO2/c12-9-1-3-10(4-2-9)14-5-6-15-11-7-13-8-11/h1-4,11,13H,5-8H2. The van der Waals surface area contributed by atoms with E-state index in [4.69, 9.17) is 9.47 Å². The van der Waals surface area contributed by atoms with Gasteiger partial charge in [0.15, 0.2) is 0 Å². The SMILES string of the molecule is Brc1ccc(OCCOC2CNC2)cc1. The van der Waals surface area contributed by atoms with E-state index in [-0.39, 0.29) is 0 Å². The Morgan fingerprint density at radius 2 is 1.93 bits per heavy atom. The zero-order valence-electron chi connectivity index (χ0n) is 8.41. The minimum Gasteiger partial charge on any atom is -0.491 e. The van der Waals surface area contributed by atoms with Gasteiger partial charge in [-0.15, -0.1) is 0 Å². The van der Waals surface area contributed by atoms with E-state index in [2.05, 4.69) is 21.2 Å². The lowest BCUT2D eigenvalue weighted by atomic mass is 10.2. The van der Waals surface area contributed by atoms with E-state index in [1.165, 1.54) is 0 Å². The lowest BCUT2D eigenvalue weighted by Gasteiger charge is -2.26. The fourth-order valence-electron chi connectivity index (χ4n) is 1.29. The molecule has 3 nitrogen and oxygen atoms in total. The van der Waals surface area contributed by atoms with Crippen LogP contribution in [0.3, 0.4) is 0 Å². The molecule has 2 rings (SSSR count). The summed E-state index contributed by atoms with van der Waals surface area (Å²) in [6, 6.07) is 7.81. The first-order valence-corrected chi connectivity index (χ1v) is 5.84. The molecule has 0 radical (unpaired) electrons. The van der Waals surface area contributed by atoms with Crippen molar-refractivity contribution in [2.45, 2.75) is 6.10 Å². The molecule has 0 aromatic heterocycles. The summed E-state index contributed by atoms with van der Waals surface area (Å²) in [7, 11) is 0. The van der Waals surface area contributed by atoms with Crippen LogP contribution in [0.25, 0.3) is 0 Å². The van der Waals surface area contributed by atoms with Crippen LogP contribution in [-0.2, 0) is 4.74 Å². The van der Waals surface area contributed by atoms with Gasteiger partial charge in [0, 0.05) is 17.6 Å². The third-order valence-corrected chi connectivity index (χ3v) is 2.79. The summed E-state index contributed by atoms with van der Waals surface area (Å²) in [5, 5.41) is 3.16. The molecule has 15 heavy (non-hydrogen) atoms. The van der Waals surface area contributed by atoms with Crippen molar-refractivity contribution in [3.63, 3.8) is 0 Å². The molecule has 1 aromatic rings. The predicted octanol–water partition coefficient (Wildman–Crippen LogP) is 1.82. The van der Waals surface area contributed by atoms with Crippen molar-refractivity contribution in [2.24, 2.45) is 0 Å². The fourth-order valence-corrected chi connectivity index (χ4v) is 1.55. The molecule has 4 heteroatoms. The highest BCUT2D eigenvalue weighted by atomic mass is 79.9. The van der Waals surface area contributed by atoms with Gasteiger partial charge >= 0.3 is 0 Å². The minimum absolute atomic E-state index is 0.388. The van der Waals surface area contributed by atoms with Crippen molar-refractivity contribution in [1.82, 2.24) is 5.32 Å². The number of nitrogens with one attached hydrogen (secondary N) is 1. The Morgan fingerprint density at radius 1 is 1.20 bits per heavy atom. The van der Waals surface area contributed by atoms with Gasteiger partial charge < -0.3 is 14.8 Å².